The minimum absolute atomic E-state index is 0.139. The summed E-state index contributed by atoms with van der Waals surface area (Å²) in [7, 11) is -1.86. The van der Waals surface area contributed by atoms with E-state index in [2.05, 4.69) is 0 Å². The Morgan fingerprint density at radius 3 is 2.15 bits per heavy atom. The van der Waals surface area contributed by atoms with Crippen LogP contribution in [0.5, 0.6) is 5.75 Å². The number of nitrogens with zero attached hydrogens (tertiary/aromatic N) is 1. The molecular formula is C35H34FNO9S. The standard InChI is InChI=1S/C35H34FNO9S/c36-23-13-10-20(11-14-23)27(40)18-47(45)34-29(37(35(34)44)24-4-2-1-3-5-24)25-15-12-22(16-26(25)39)19-6-8-21(9-7-19)33-32(43)31(42)30(41)28(17-38)46-33/h1-16,27-34,38-43H,17-18H2. The number of halogens is 1. The maximum atomic E-state index is 13.6. The quantitative estimate of drug-likeness (QED) is 0.148. The molecule has 4 aromatic carbocycles. The highest BCUT2D eigenvalue weighted by atomic mass is 32.2. The van der Waals surface area contributed by atoms with Crippen LogP contribution in [-0.4, -0.2) is 82.8 Å². The number of aromatic hydroxyl groups is 1. The molecule has 0 spiro atoms. The summed E-state index contributed by atoms with van der Waals surface area (Å²) in [6.07, 6.45) is -7.62. The van der Waals surface area contributed by atoms with Crippen molar-refractivity contribution < 1.29 is 48.8 Å². The van der Waals surface area contributed by atoms with Gasteiger partial charge < -0.3 is 40.3 Å². The smallest absolute Gasteiger partial charge is 0.245 e. The van der Waals surface area contributed by atoms with E-state index in [0.29, 0.717) is 33.5 Å². The van der Waals surface area contributed by atoms with E-state index in [-0.39, 0.29) is 11.5 Å². The lowest BCUT2D eigenvalue weighted by atomic mass is 9.89. The molecule has 4 aromatic rings. The zero-order chi connectivity index (χ0) is 33.4. The van der Waals surface area contributed by atoms with Gasteiger partial charge in [-0.25, -0.2) is 4.39 Å². The molecule has 0 bridgehead atoms. The molecule has 2 saturated heterocycles. The number of rotatable bonds is 9. The second kappa shape index (κ2) is 13.6. The van der Waals surface area contributed by atoms with Crippen molar-refractivity contribution in [3.63, 3.8) is 0 Å². The number of β-lactam (4-membered cyclic amide) rings is 1. The van der Waals surface area contributed by atoms with Crippen molar-refractivity contribution in [2.45, 2.75) is 47.9 Å². The molecule has 6 rings (SSSR count). The molecule has 2 aliphatic rings. The number of hydrogen-bond donors (Lipinski definition) is 6. The van der Waals surface area contributed by atoms with Crippen LogP contribution in [0.1, 0.15) is 34.9 Å². The highest BCUT2D eigenvalue weighted by Crippen LogP contribution is 2.46. The second-order valence-electron chi connectivity index (χ2n) is 11.7. The van der Waals surface area contributed by atoms with E-state index < -0.39 is 77.0 Å². The zero-order valence-corrected chi connectivity index (χ0v) is 25.7. The number of aliphatic hydroxyl groups excluding tert-OH is 5. The van der Waals surface area contributed by atoms with Crippen LogP contribution in [0.2, 0.25) is 0 Å². The van der Waals surface area contributed by atoms with Crippen LogP contribution in [0, 0.1) is 5.82 Å². The number of hydrogen-bond acceptors (Lipinski definition) is 9. The third kappa shape index (κ3) is 6.33. The molecule has 0 saturated carbocycles. The molecule has 0 radical (unpaired) electrons. The van der Waals surface area contributed by atoms with Gasteiger partial charge in [0.25, 0.3) is 0 Å². The first-order chi connectivity index (χ1) is 22.6. The number of aliphatic hydroxyl groups is 5. The number of amides is 1. The third-order valence-electron chi connectivity index (χ3n) is 8.75. The molecule has 246 valence electrons. The molecule has 2 heterocycles. The van der Waals surface area contributed by atoms with Crippen LogP contribution in [-0.2, 0) is 20.3 Å². The van der Waals surface area contributed by atoms with Crippen molar-refractivity contribution >= 4 is 22.4 Å². The normalized spacial score (nSPS) is 27.2. The minimum atomic E-state index is -1.86. The summed E-state index contributed by atoms with van der Waals surface area (Å²) in [5.41, 5.74) is 3.10. The average Bonchev–Trinajstić information content (AvgIpc) is 3.07. The largest absolute Gasteiger partial charge is 0.508 e. The topological polar surface area (TPSA) is 168 Å². The fourth-order valence-electron chi connectivity index (χ4n) is 6.15. The number of phenolic OH excluding ortho intramolecular Hbond substituents is 1. The molecule has 12 heteroatoms. The highest BCUT2D eigenvalue weighted by Gasteiger charge is 2.53. The van der Waals surface area contributed by atoms with Crippen LogP contribution < -0.4 is 4.90 Å². The van der Waals surface area contributed by atoms with Gasteiger partial charge in [0.05, 0.1) is 24.5 Å². The second-order valence-corrected chi connectivity index (χ2v) is 13.3. The number of benzene rings is 4. The Morgan fingerprint density at radius 2 is 1.51 bits per heavy atom. The van der Waals surface area contributed by atoms with Gasteiger partial charge in [-0.1, -0.05) is 66.7 Å². The van der Waals surface area contributed by atoms with E-state index in [9.17, 15) is 44.0 Å². The van der Waals surface area contributed by atoms with Gasteiger partial charge in [0.1, 0.15) is 47.3 Å². The van der Waals surface area contributed by atoms with Gasteiger partial charge in [0, 0.05) is 22.1 Å². The number of carbonyl (C=O) groups excluding carboxylic acids is 1. The minimum Gasteiger partial charge on any atom is -0.508 e. The number of carbonyl (C=O) groups is 1. The van der Waals surface area contributed by atoms with E-state index in [0.717, 1.165) is 0 Å². The van der Waals surface area contributed by atoms with Gasteiger partial charge in [-0.3, -0.25) is 9.00 Å². The molecule has 2 fully saturated rings. The fraction of sp³-hybridized carbons (Fsp3) is 0.286. The maximum absolute atomic E-state index is 13.6. The summed E-state index contributed by atoms with van der Waals surface area (Å²) in [6, 6.07) is 24.9. The van der Waals surface area contributed by atoms with E-state index in [1.54, 1.807) is 66.7 Å². The first-order valence-electron chi connectivity index (χ1n) is 15.0. The summed E-state index contributed by atoms with van der Waals surface area (Å²) in [5, 5.41) is 61.2. The average molecular weight is 664 g/mol. The lowest BCUT2D eigenvalue weighted by Gasteiger charge is -2.47. The van der Waals surface area contributed by atoms with Gasteiger partial charge in [-0.15, -0.1) is 0 Å². The molecule has 1 amide bonds. The Kier molecular flexibility index (Phi) is 9.53. The number of anilines is 1. The molecule has 47 heavy (non-hydrogen) atoms. The van der Waals surface area contributed by atoms with Gasteiger partial charge in [0.15, 0.2) is 0 Å². The third-order valence-corrected chi connectivity index (χ3v) is 10.4. The molecule has 9 atom stereocenters. The summed E-state index contributed by atoms with van der Waals surface area (Å²) in [4.78, 5) is 14.9. The van der Waals surface area contributed by atoms with E-state index in [1.807, 2.05) is 0 Å². The number of para-hydroxylation sites is 1. The van der Waals surface area contributed by atoms with Crippen LogP contribution in [0.25, 0.3) is 11.1 Å². The van der Waals surface area contributed by atoms with E-state index in [1.165, 1.54) is 35.2 Å². The first kappa shape index (κ1) is 32.9. The Balaban J connectivity index is 1.25. The van der Waals surface area contributed by atoms with E-state index >= 15 is 0 Å². The van der Waals surface area contributed by atoms with Crippen LogP contribution in [0.15, 0.2) is 97.1 Å². The predicted octanol–water partition coefficient (Wildman–Crippen LogP) is 2.65. The molecule has 10 nitrogen and oxygen atoms in total. The highest BCUT2D eigenvalue weighted by molar-refractivity contribution is 7.86. The Bertz CT molecular complexity index is 1740. The van der Waals surface area contributed by atoms with Crippen LogP contribution >= 0.6 is 0 Å². The zero-order valence-electron chi connectivity index (χ0n) is 24.9. The Labute approximate surface area is 272 Å². The van der Waals surface area contributed by atoms with Crippen molar-refractivity contribution in [1.82, 2.24) is 0 Å². The SMILES string of the molecule is O=C1C(S(=O)CC(O)c2ccc(F)cc2)C(c2ccc(-c3ccc(C4OC(CO)C(O)C(O)C4O)cc3)cc2O)N1c1ccccc1. The molecule has 2 aliphatic heterocycles. The molecule has 9 unspecified atom stereocenters. The summed E-state index contributed by atoms with van der Waals surface area (Å²) < 4.78 is 32.6. The lowest BCUT2D eigenvalue weighted by Crippen LogP contribution is -2.61. The lowest BCUT2D eigenvalue weighted by molar-refractivity contribution is -0.231. The predicted molar refractivity (Wildman–Crippen MR) is 171 cm³/mol. The van der Waals surface area contributed by atoms with Crippen molar-refractivity contribution in [3.05, 3.63) is 120 Å². The monoisotopic (exact) mass is 663 g/mol. The van der Waals surface area contributed by atoms with Crippen LogP contribution in [0.4, 0.5) is 10.1 Å². The van der Waals surface area contributed by atoms with Crippen molar-refractivity contribution in [3.8, 4) is 16.9 Å². The Hall–Kier alpha value is -4.01. The first-order valence-corrected chi connectivity index (χ1v) is 16.4. The Morgan fingerprint density at radius 1 is 0.851 bits per heavy atom. The molecule has 0 aromatic heterocycles. The maximum Gasteiger partial charge on any atom is 0.245 e. The molecule has 0 aliphatic carbocycles. The summed E-state index contributed by atoms with van der Waals surface area (Å²) in [5.74, 6) is -1.29. The van der Waals surface area contributed by atoms with Crippen molar-refractivity contribution in [2.75, 3.05) is 17.3 Å². The van der Waals surface area contributed by atoms with Crippen molar-refractivity contribution in [2.24, 2.45) is 0 Å². The van der Waals surface area contributed by atoms with Crippen molar-refractivity contribution in [1.29, 1.82) is 0 Å². The number of phenols is 1. The van der Waals surface area contributed by atoms with Crippen LogP contribution in [0.3, 0.4) is 0 Å². The fourth-order valence-corrected chi connectivity index (χ4v) is 7.76. The molecule has 6 N–H and O–H groups in total. The molecular weight excluding hydrogens is 629 g/mol. The van der Waals surface area contributed by atoms with Gasteiger partial charge >= 0.3 is 0 Å². The van der Waals surface area contributed by atoms with Gasteiger partial charge in [-0.2, -0.15) is 0 Å². The number of ether oxygens (including phenoxy) is 1. The summed E-state index contributed by atoms with van der Waals surface area (Å²) >= 11 is 0. The van der Waals surface area contributed by atoms with E-state index in [4.69, 9.17) is 4.74 Å². The van der Waals surface area contributed by atoms with Gasteiger partial charge in [0.2, 0.25) is 5.91 Å². The summed E-state index contributed by atoms with van der Waals surface area (Å²) in [6.45, 7) is -0.539. The van der Waals surface area contributed by atoms with Gasteiger partial charge in [-0.05, 0) is 52.6 Å².